The van der Waals surface area contributed by atoms with Crippen LogP contribution in [0.4, 0.5) is 0 Å². The summed E-state index contributed by atoms with van der Waals surface area (Å²) >= 11 is 0. The molecule has 4 heterocycles. The number of aliphatic hydroxyl groups excluding tert-OH is 2. The molecule has 0 spiro atoms. The Morgan fingerprint density at radius 2 is 1.08 bits per heavy atom. The third-order valence-electron chi connectivity index (χ3n) is 10.1. The Labute approximate surface area is 306 Å². The van der Waals surface area contributed by atoms with Crippen LogP contribution in [0.2, 0.25) is 0 Å². The second-order valence-corrected chi connectivity index (χ2v) is 13.9. The molecule has 0 unspecified atom stereocenters. The summed E-state index contributed by atoms with van der Waals surface area (Å²) in [7, 11) is 0. The number of nitrogens with zero attached hydrogens (tertiary/aromatic N) is 6. The van der Waals surface area contributed by atoms with Gasteiger partial charge < -0.3 is 29.1 Å². The standard InChI is InChI=1S/C41H40N6O6/c48-32-22-34(38-42-36(44-52-38)13-7-12-26-8-3-1-4-9-26)46(24-32)40(50)30-17-15-29-21-31(18-16-28(29)20-30)41(51)47-25-33(49)23-35(47)39-43-37(45-53-39)19-14-27-10-5-2-6-11-27/h1-6,8-11,15-18,20-21,32-35,48-49H,7,12-14,19,22-25H2/t32-,33-,34-,35+/m1/s1. The fourth-order valence-corrected chi connectivity index (χ4v) is 7.39. The number of amides is 2. The number of aromatic nitrogens is 4. The van der Waals surface area contributed by atoms with E-state index >= 15 is 0 Å². The van der Waals surface area contributed by atoms with Crippen molar-refractivity contribution >= 4 is 22.6 Å². The van der Waals surface area contributed by atoms with Gasteiger partial charge in [0.05, 0.1) is 12.2 Å². The summed E-state index contributed by atoms with van der Waals surface area (Å²) in [5.41, 5.74) is 3.30. The number of aryl methyl sites for hydroxylation is 4. The molecule has 4 atom stereocenters. The SMILES string of the molecule is O=C(c1ccc2cc(C(=O)N3C[C@H](O)C[C@H]3c3nc(CCc4ccccc4)no3)ccc2c1)N1C[C@H](O)C[C@@H]1c1nc(CCCc2ccccc2)no1. The zero-order chi connectivity index (χ0) is 36.3. The van der Waals surface area contributed by atoms with Crippen LogP contribution in [0.3, 0.4) is 0 Å². The van der Waals surface area contributed by atoms with Gasteiger partial charge in [0.25, 0.3) is 11.8 Å². The predicted molar refractivity (Wildman–Crippen MR) is 194 cm³/mol. The third-order valence-corrected chi connectivity index (χ3v) is 10.1. The summed E-state index contributed by atoms with van der Waals surface area (Å²) in [5, 5.41) is 31.0. The van der Waals surface area contributed by atoms with Crippen molar-refractivity contribution in [3.63, 3.8) is 0 Å². The molecule has 270 valence electrons. The Hall–Kier alpha value is -5.72. The van der Waals surface area contributed by atoms with Gasteiger partial charge in [-0.2, -0.15) is 9.97 Å². The van der Waals surface area contributed by atoms with Crippen molar-refractivity contribution in [3.05, 3.63) is 143 Å². The lowest BCUT2D eigenvalue weighted by Gasteiger charge is -2.22. The minimum atomic E-state index is -0.719. The third kappa shape index (κ3) is 7.60. The van der Waals surface area contributed by atoms with Gasteiger partial charge >= 0.3 is 0 Å². The molecule has 0 bridgehead atoms. The molecule has 4 aromatic carbocycles. The van der Waals surface area contributed by atoms with Crippen molar-refractivity contribution in [3.8, 4) is 0 Å². The number of hydrogen-bond donors (Lipinski definition) is 2. The molecule has 0 radical (unpaired) electrons. The van der Waals surface area contributed by atoms with Crippen molar-refractivity contribution in [2.24, 2.45) is 0 Å². The second kappa shape index (κ2) is 15.1. The highest BCUT2D eigenvalue weighted by Gasteiger charge is 2.40. The van der Waals surface area contributed by atoms with Crippen LogP contribution < -0.4 is 0 Å². The molecule has 2 aliphatic heterocycles. The summed E-state index contributed by atoms with van der Waals surface area (Å²) in [6.07, 6.45) is 2.93. The molecule has 0 saturated carbocycles. The summed E-state index contributed by atoms with van der Waals surface area (Å²) in [6.45, 7) is 0.299. The van der Waals surface area contributed by atoms with Gasteiger partial charge in [0.2, 0.25) is 11.8 Å². The number of rotatable bonds is 11. The molecule has 8 rings (SSSR count). The molecule has 53 heavy (non-hydrogen) atoms. The second-order valence-electron chi connectivity index (χ2n) is 13.9. The molecule has 0 aliphatic carbocycles. The zero-order valence-corrected chi connectivity index (χ0v) is 29.1. The van der Waals surface area contributed by atoms with Gasteiger partial charge in [0.15, 0.2) is 11.6 Å². The monoisotopic (exact) mass is 712 g/mol. The molecule has 2 aromatic heterocycles. The van der Waals surface area contributed by atoms with E-state index in [2.05, 4.69) is 32.4 Å². The quantitative estimate of drug-likeness (QED) is 0.177. The van der Waals surface area contributed by atoms with Gasteiger partial charge in [-0.05, 0) is 65.4 Å². The molecule has 12 nitrogen and oxygen atoms in total. The van der Waals surface area contributed by atoms with E-state index in [-0.39, 0.29) is 24.9 Å². The van der Waals surface area contributed by atoms with E-state index in [9.17, 15) is 19.8 Å². The Balaban J connectivity index is 0.934. The molecular weight excluding hydrogens is 672 g/mol. The lowest BCUT2D eigenvalue weighted by Crippen LogP contribution is -2.32. The molecule has 2 N–H and O–H groups in total. The zero-order valence-electron chi connectivity index (χ0n) is 29.1. The van der Waals surface area contributed by atoms with Crippen LogP contribution in [0.15, 0.2) is 106 Å². The maximum atomic E-state index is 13.8. The van der Waals surface area contributed by atoms with E-state index in [1.165, 1.54) is 11.1 Å². The largest absolute Gasteiger partial charge is 0.391 e. The first-order chi connectivity index (χ1) is 25.9. The van der Waals surface area contributed by atoms with Crippen LogP contribution in [0.1, 0.15) is 86.6 Å². The number of β-amino-alcohol motifs (C(OH)–C–C–N with tert-alkyl or cyclic N) is 2. The first-order valence-corrected chi connectivity index (χ1v) is 18.1. The summed E-state index contributed by atoms with van der Waals surface area (Å²) < 4.78 is 11.2. The van der Waals surface area contributed by atoms with E-state index < -0.39 is 24.3 Å². The predicted octanol–water partition coefficient (Wildman–Crippen LogP) is 5.46. The number of hydrogen-bond acceptors (Lipinski definition) is 10. The number of carbonyl (C=O) groups excluding carboxylic acids is 2. The number of likely N-dealkylation sites (tertiary alicyclic amines) is 2. The van der Waals surface area contributed by atoms with Crippen LogP contribution in [0.5, 0.6) is 0 Å². The minimum absolute atomic E-state index is 0.148. The highest BCUT2D eigenvalue weighted by Crippen LogP contribution is 2.35. The van der Waals surface area contributed by atoms with E-state index in [0.29, 0.717) is 60.2 Å². The Bertz CT molecular complexity index is 2200. The summed E-state index contributed by atoms with van der Waals surface area (Å²) in [5.74, 6) is 1.26. The molecule has 6 aromatic rings. The number of benzene rings is 4. The molecule has 2 aliphatic rings. The van der Waals surface area contributed by atoms with Gasteiger partial charge in [0, 0.05) is 49.9 Å². The average Bonchev–Trinajstić information content (AvgIpc) is 4.01. The van der Waals surface area contributed by atoms with Crippen LogP contribution in [-0.2, 0) is 25.7 Å². The van der Waals surface area contributed by atoms with Gasteiger partial charge in [-0.1, -0.05) is 83.1 Å². The molecular formula is C41H40N6O6. The molecule has 2 saturated heterocycles. The van der Waals surface area contributed by atoms with Gasteiger partial charge in [-0.3, -0.25) is 9.59 Å². The summed E-state index contributed by atoms with van der Waals surface area (Å²) in [4.78, 5) is 40.0. The van der Waals surface area contributed by atoms with Crippen LogP contribution in [-0.4, -0.2) is 77.4 Å². The maximum Gasteiger partial charge on any atom is 0.254 e. The molecule has 2 amide bonds. The van der Waals surface area contributed by atoms with E-state index in [0.717, 1.165) is 30.0 Å². The maximum absolute atomic E-state index is 13.8. The lowest BCUT2D eigenvalue weighted by molar-refractivity contribution is 0.0688. The minimum Gasteiger partial charge on any atom is -0.391 e. The van der Waals surface area contributed by atoms with Crippen molar-refractivity contribution in [1.29, 1.82) is 0 Å². The first kappa shape index (κ1) is 34.4. The number of fused-ring (bicyclic) bond motifs is 1. The lowest BCUT2D eigenvalue weighted by atomic mass is 10.0. The number of aliphatic hydroxyl groups is 2. The van der Waals surface area contributed by atoms with Gasteiger partial charge in [0.1, 0.15) is 12.1 Å². The van der Waals surface area contributed by atoms with Crippen molar-refractivity contribution in [2.75, 3.05) is 13.1 Å². The van der Waals surface area contributed by atoms with Crippen molar-refractivity contribution in [2.45, 2.75) is 69.2 Å². The fraction of sp³-hybridized carbons (Fsp3) is 0.317. The van der Waals surface area contributed by atoms with Crippen LogP contribution >= 0.6 is 0 Å². The topological polar surface area (TPSA) is 159 Å². The van der Waals surface area contributed by atoms with Crippen molar-refractivity contribution in [1.82, 2.24) is 30.1 Å². The van der Waals surface area contributed by atoms with Crippen LogP contribution in [0.25, 0.3) is 10.8 Å². The molecule has 12 heteroatoms. The average molecular weight is 713 g/mol. The van der Waals surface area contributed by atoms with E-state index in [1.54, 1.807) is 34.1 Å². The first-order valence-electron chi connectivity index (χ1n) is 18.1. The molecule has 2 fully saturated rings. The summed E-state index contributed by atoms with van der Waals surface area (Å²) in [6, 6.07) is 29.8. The highest BCUT2D eigenvalue weighted by molar-refractivity contribution is 6.02. The van der Waals surface area contributed by atoms with Crippen molar-refractivity contribution < 1.29 is 28.8 Å². The Morgan fingerprint density at radius 1 is 0.604 bits per heavy atom. The van der Waals surface area contributed by atoms with E-state index in [4.69, 9.17) is 9.05 Å². The normalized spacial score (nSPS) is 20.0. The van der Waals surface area contributed by atoms with Crippen LogP contribution in [0, 0.1) is 0 Å². The Morgan fingerprint density at radius 3 is 1.58 bits per heavy atom. The smallest absolute Gasteiger partial charge is 0.254 e. The fourth-order valence-electron chi connectivity index (χ4n) is 7.39. The van der Waals surface area contributed by atoms with E-state index in [1.807, 2.05) is 60.7 Å². The van der Waals surface area contributed by atoms with Gasteiger partial charge in [-0.25, -0.2) is 0 Å². The highest BCUT2D eigenvalue weighted by atomic mass is 16.5. The van der Waals surface area contributed by atoms with Gasteiger partial charge in [-0.15, -0.1) is 0 Å². The number of carbonyl (C=O) groups is 2. The Kier molecular flexibility index (Phi) is 9.79.